The fourth-order valence-corrected chi connectivity index (χ4v) is 2.00. The first-order chi connectivity index (χ1) is 9.12. The van der Waals surface area contributed by atoms with Gasteiger partial charge < -0.3 is 10.5 Å². The molecule has 0 aliphatic rings. The van der Waals surface area contributed by atoms with E-state index in [1.807, 2.05) is 13.8 Å². The van der Waals surface area contributed by atoms with Crippen molar-refractivity contribution in [1.82, 2.24) is 19.8 Å². The fourth-order valence-electron chi connectivity index (χ4n) is 2.00. The zero-order valence-electron chi connectivity index (χ0n) is 12.0. The lowest BCUT2D eigenvalue weighted by molar-refractivity contribution is 0.180. The number of nitrogens with zero attached hydrogens (tertiary/aromatic N) is 4. The first-order valence-corrected chi connectivity index (χ1v) is 6.70. The maximum Gasteiger partial charge on any atom is 0.235 e. The number of nitrogens with two attached hydrogens (primary N) is 1. The van der Waals surface area contributed by atoms with E-state index in [1.165, 1.54) is 0 Å². The number of hydrogen-bond donors (Lipinski definition) is 1. The van der Waals surface area contributed by atoms with Crippen molar-refractivity contribution in [3.8, 4) is 5.88 Å². The molecular formula is C13H21N5O. The second-order valence-corrected chi connectivity index (χ2v) is 4.67. The highest BCUT2D eigenvalue weighted by molar-refractivity contribution is 5.52. The maximum absolute atomic E-state index is 5.97. The Morgan fingerprint density at radius 1 is 1.16 bits per heavy atom. The van der Waals surface area contributed by atoms with Crippen molar-refractivity contribution >= 4 is 5.65 Å². The van der Waals surface area contributed by atoms with Gasteiger partial charge in [-0.3, -0.25) is 0 Å². The molecule has 2 aromatic rings. The number of rotatable bonds is 5. The Balaban J connectivity index is 2.51. The van der Waals surface area contributed by atoms with Crippen molar-refractivity contribution in [3.05, 3.63) is 17.0 Å². The molecule has 2 aromatic heterocycles. The van der Waals surface area contributed by atoms with E-state index < -0.39 is 0 Å². The molecule has 19 heavy (non-hydrogen) atoms. The molecule has 0 spiro atoms. The van der Waals surface area contributed by atoms with Crippen LogP contribution < -0.4 is 10.5 Å². The van der Waals surface area contributed by atoms with Crippen LogP contribution in [0.15, 0.2) is 0 Å². The van der Waals surface area contributed by atoms with E-state index in [9.17, 15) is 0 Å². The summed E-state index contributed by atoms with van der Waals surface area (Å²) in [6.45, 7) is 8.52. The summed E-state index contributed by atoms with van der Waals surface area (Å²) in [4.78, 5) is 0. The maximum atomic E-state index is 5.97. The lowest BCUT2D eigenvalue weighted by Gasteiger charge is -2.17. The summed E-state index contributed by atoms with van der Waals surface area (Å²) in [5.41, 5.74) is 8.43. The number of aromatic nitrogens is 4. The average molecular weight is 263 g/mol. The Kier molecular flexibility index (Phi) is 3.99. The molecule has 0 aliphatic carbocycles. The molecule has 2 rings (SSSR count). The largest absolute Gasteiger partial charge is 0.473 e. The van der Waals surface area contributed by atoms with Gasteiger partial charge in [-0.05, 0) is 26.7 Å². The van der Waals surface area contributed by atoms with Gasteiger partial charge in [-0.1, -0.05) is 13.8 Å². The molecule has 0 bridgehead atoms. The van der Waals surface area contributed by atoms with E-state index in [-0.39, 0.29) is 6.10 Å². The highest BCUT2D eigenvalue weighted by Crippen LogP contribution is 2.23. The van der Waals surface area contributed by atoms with Crippen LogP contribution in [0.2, 0.25) is 0 Å². The number of aryl methyl sites for hydroxylation is 1. The number of ether oxygens (including phenoxy) is 1. The van der Waals surface area contributed by atoms with Gasteiger partial charge in [0.25, 0.3) is 0 Å². The van der Waals surface area contributed by atoms with Crippen LogP contribution in [0.1, 0.15) is 43.6 Å². The first kappa shape index (κ1) is 13.7. The minimum absolute atomic E-state index is 0.181. The van der Waals surface area contributed by atoms with E-state index >= 15 is 0 Å². The Morgan fingerprint density at radius 3 is 2.42 bits per heavy atom. The van der Waals surface area contributed by atoms with Crippen molar-refractivity contribution < 1.29 is 4.74 Å². The van der Waals surface area contributed by atoms with Crippen LogP contribution in [0.4, 0.5) is 0 Å². The van der Waals surface area contributed by atoms with Crippen LogP contribution in [0.25, 0.3) is 5.65 Å². The van der Waals surface area contributed by atoms with Gasteiger partial charge in [0.15, 0.2) is 11.5 Å². The topological polar surface area (TPSA) is 78.3 Å². The van der Waals surface area contributed by atoms with Crippen molar-refractivity contribution in [2.24, 2.45) is 5.73 Å². The van der Waals surface area contributed by atoms with E-state index in [1.54, 1.807) is 4.52 Å². The molecule has 0 amide bonds. The lowest BCUT2D eigenvalue weighted by Crippen LogP contribution is -2.17. The molecule has 0 fully saturated rings. The minimum Gasteiger partial charge on any atom is -0.473 e. The molecule has 0 saturated carbocycles. The first-order valence-electron chi connectivity index (χ1n) is 6.70. The average Bonchev–Trinajstić information content (AvgIpc) is 2.84. The van der Waals surface area contributed by atoms with Gasteiger partial charge in [-0.2, -0.15) is 4.52 Å². The number of fused-ring (bicyclic) bond motifs is 1. The Hall–Kier alpha value is -1.69. The summed E-state index contributed by atoms with van der Waals surface area (Å²) >= 11 is 0. The van der Waals surface area contributed by atoms with Crippen LogP contribution in [0.3, 0.4) is 0 Å². The van der Waals surface area contributed by atoms with Gasteiger partial charge in [-0.15, -0.1) is 15.3 Å². The van der Waals surface area contributed by atoms with Crippen LogP contribution >= 0.6 is 0 Å². The molecule has 2 heterocycles. The van der Waals surface area contributed by atoms with Gasteiger partial charge in [0.1, 0.15) is 0 Å². The van der Waals surface area contributed by atoms with Crippen LogP contribution in [-0.4, -0.2) is 25.9 Å². The van der Waals surface area contributed by atoms with Crippen molar-refractivity contribution in [2.45, 2.75) is 53.2 Å². The summed E-state index contributed by atoms with van der Waals surface area (Å²) in [6, 6.07) is 0. The van der Waals surface area contributed by atoms with Crippen molar-refractivity contribution in [3.63, 3.8) is 0 Å². The Labute approximate surface area is 113 Å². The smallest absolute Gasteiger partial charge is 0.235 e. The van der Waals surface area contributed by atoms with Crippen LogP contribution in [0.5, 0.6) is 5.88 Å². The molecule has 0 unspecified atom stereocenters. The number of hydrogen-bond acceptors (Lipinski definition) is 5. The zero-order valence-corrected chi connectivity index (χ0v) is 12.0. The zero-order chi connectivity index (χ0) is 14.0. The van der Waals surface area contributed by atoms with Gasteiger partial charge in [0.05, 0.1) is 12.6 Å². The summed E-state index contributed by atoms with van der Waals surface area (Å²) in [6.07, 6.45) is 2.10. The van der Waals surface area contributed by atoms with Crippen LogP contribution in [0, 0.1) is 13.8 Å². The Morgan fingerprint density at radius 2 is 1.84 bits per heavy atom. The lowest BCUT2D eigenvalue weighted by atomic mass is 10.2. The summed E-state index contributed by atoms with van der Waals surface area (Å²) in [5, 5.41) is 12.7. The summed E-state index contributed by atoms with van der Waals surface area (Å²) in [5.74, 6) is 1.29. The monoisotopic (exact) mass is 263 g/mol. The van der Waals surface area contributed by atoms with Crippen molar-refractivity contribution in [1.29, 1.82) is 0 Å². The Bertz CT molecular complexity index is 574. The quantitative estimate of drug-likeness (QED) is 0.889. The van der Waals surface area contributed by atoms with Gasteiger partial charge in [0, 0.05) is 11.1 Å². The van der Waals surface area contributed by atoms with Crippen LogP contribution in [-0.2, 0) is 6.54 Å². The molecular weight excluding hydrogens is 242 g/mol. The summed E-state index contributed by atoms with van der Waals surface area (Å²) in [7, 11) is 0. The third-order valence-corrected chi connectivity index (χ3v) is 3.49. The predicted molar refractivity (Wildman–Crippen MR) is 73.1 cm³/mol. The molecule has 0 aliphatic heterocycles. The molecule has 104 valence electrons. The third-order valence-electron chi connectivity index (χ3n) is 3.49. The molecule has 6 nitrogen and oxygen atoms in total. The fraction of sp³-hybridized carbons (Fsp3) is 0.615. The standard InChI is InChI=1S/C13H21N5O/c1-5-10(6-2)19-13-9(4)8(3)12-16-15-11(7-14)18(12)17-13/h10H,5-7,14H2,1-4H3. The molecule has 2 N–H and O–H groups in total. The molecule has 0 atom stereocenters. The van der Waals surface area contributed by atoms with E-state index in [0.29, 0.717) is 18.2 Å². The van der Waals surface area contributed by atoms with E-state index in [2.05, 4.69) is 29.1 Å². The van der Waals surface area contributed by atoms with Crippen molar-refractivity contribution in [2.75, 3.05) is 0 Å². The van der Waals surface area contributed by atoms with E-state index in [4.69, 9.17) is 10.5 Å². The van der Waals surface area contributed by atoms with Gasteiger partial charge in [-0.25, -0.2) is 0 Å². The summed E-state index contributed by atoms with van der Waals surface area (Å²) < 4.78 is 7.65. The molecule has 6 heteroatoms. The highest BCUT2D eigenvalue weighted by Gasteiger charge is 2.16. The second-order valence-electron chi connectivity index (χ2n) is 4.67. The van der Waals surface area contributed by atoms with E-state index in [0.717, 1.165) is 29.6 Å². The molecule has 0 radical (unpaired) electrons. The SMILES string of the molecule is CCC(CC)Oc1nn2c(CN)nnc2c(C)c1C. The molecule has 0 aromatic carbocycles. The predicted octanol–water partition coefficient (Wildman–Crippen LogP) is 1.77. The minimum atomic E-state index is 0.181. The normalized spacial score (nSPS) is 11.5. The molecule has 0 saturated heterocycles. The third kappa shape index (κ3) is 2.40. The second kappa shape index (κ2) is 5.52. The van der Waals surface area contributed by atoms with Gasteiger partial charge in [0.2, 0.25) is 5.88 Å². The van der Waals surface area contributed by atoms with Gasteiger partial charge >= 0.3 is 0 Å². The highest BCUT2D eigenvalue weighted by atomic mass is 16.5.